The van der Waals surface area contributed by atoms with Crippen molar-refractivity contribution in [2.75, 3.05) is 54.5 Å². The Morgan fingerprint density at radius 3 is 2.53 bits per heavy atom. The third kappa shape index (κ3) is 4.44. The summed E-state index contributed by atoms with van der Waals surface area (Å²) < 4.78 is 20.1. The maximum absolute atomic E-state index is 14.7. The molecule has 2 aliphatic heterocycles. The summed E-state index contributed by atoms with van der Waals surface area (Å²) in [4.78, 5) is 19.2. The number of nitrogens with one attached hydrogen (secondary N) is 1. The molecule has 0 radical (unpaired) electrons. The van der Waals surface area contributed by atoms with Gasteiger partial charge in [-0.05, 0) is 37.1 Å². The Morgan fingerprint density at radius 2 is 1.87 bits per heavy atom. The van der Waals surface area contributed by atoms with E-state index in [-0.39, 0.29) is 17.6 Å². The summed E-state index contributed by atoms with van der Waals surface area (Å²) in [6.45, 7) is 3.61. The van der Waals surface area contributed by atoms with Crippen molar-refractivity contribution in [3.63, 3.8) is 0 Å². The fraction of sp³-hybridized carbons (Fsp3) is 0.450. The van der Waals surface area contributed by atoms with Crippen LogP contribution in [0.4, 0.5) is 33.1 Å². The van der Waals surface area contributed by atoms with E-state index in [1.54, 1.807) is 18.2 Å². The largest absolute Gasteiger partial charge is 0.393 e. The van der Waals surface area contributed by atoms with E-state index in [0.29, 0.717) is 69.4 Å². The normalized spacial score (nSPS) is 17.8. The monoisotopic (exact) mass is 417 g/mol. The van der Waals surface area contributed by atoms with E-state index in [9.17, 15) is 19.6 Å². The van der Waals surface area contributed by atoms with E-state index in [0.717, 1.165) is 0 Å². The lowest BCUT2D eigenvalue weighted by Gasteiger charge is -2.31. The Labute approximate surface area is 173 Å². The molecule has 0 aliphatic carbocycles. The molecule has 0 spiro atoms. The van der Waals surface area contributed by atoms with Crippen LogP contribution < -0.4 is 15.1 Å². The molecule has 30 heavy (non-hydrogen) atoms. The molecule has 2 aliphatic rings. The molecule has 10 heteroatoms. The predicted octanol–water partition coefficient (Wildman–Crippen LogP) is 2.67. The van der Waals surface area contributed by atoms with Crippen molar-refractivity contribution in [3.8, 4) is 0 Å². The van der Waals surface area contributed by atoms with Gasteiger partial charge in [-0.1, -0.05) is 0 Å². The molecule has 0 bridgehead atoms. The average Bonchev–Trinajstić information content (AvgIpc) is 2.75. The van der Waals surface area contributed by atoms with E-state index < -0.39 is 10.7 Å². The SMILES string of the molecule is O=[N+]([O-])c1ccc(N2CCOCC2)nc1Nc1ccc(N2CCC(O)CC2)c(F)c1. The Bertz CT molecular complexity index is 914. The lowest BCUT2D eigenvalue weighted by Crippen LogP contribution is -2.36. The van der Waals surface area contributed by atoms with Gasteiger partial charge in [0.25, 0.3) is 0 Å². The van der Waals surface area contributed by atoms with Crippen LogP contribution in [-0.4, -0.2) is 60.5 Å². The number of aliphatic hydroxyl groups excluding tert-OH is 1. The number of hydrogen-bond acceptors (Lipinski definition) is 8. The van der Waals surface area contributed by atoms with Gasteiger partial charge in [-0.25, -0.2) is 9.37 Å². The molecule has 4 rings (SSSR count). The molecular weight excluding hydrogens is 393 g/mol. The van der Waals surface area contributed by atoms with Crippen LogP contribution in [0.25, 0.3) is 0 Å². The van der Waals surface area contributed by atoms with Crippen molar-refractivity contribution < 1.29 is 19.2 Å². The number of aliphatic hydroxyl groups is 1. The highest BCUT2D eigenvalue weighted by Gasteiger charge is 2.22. The third-order valence-electron chi connectivity index (χ3n) is 5.41. The number of rotatable bonds is 5. The fourth-order valence-corrected chi connectivity index (χ4v) is 3.73. The Balaban J connectivity index is 1.56. The van der Waals surface area contributed by atoms with Gasteiger partial charge < -0.3 is 25.0 Å². The van der Waals surface area contributed by atoms with Crippen LogP contribution in [0.2, 0.25) is 0 Å². The quantitative estimate of drug-likeness (QED) is 0.565. The molecule has 0 amide bonds. The molecule has 0 saturated carbocycles. The van der Waals surface area contributed by atoms with Crippen LogP contribution in [0.5, 0.6) is 0 Å². The molecule has 2 N–H and O–H groups in total. The summed E-state index contributed by atoms with van der Waals surface area (Å²) in [6.07, 6.45) is 0.865. The summed E-state index contributed by atoms with van der Waals surface area (Å²) in [7, 11) is 0. The first kappa shape index (κ1) is 20.3. The van der Waals surface area contributed by atoms with Crippen LogP contribution in [0, 0.1) is 15.9 Å². The molecule has 0 atom stereocenters. The number of ether oxygens (including phenoxy) is 1. The summed E-state index contributed by atoms with van der Waals surface area (Å²) in [5.74, 6) is 0.246. The predicted molar refractivity (Wildman–Crippen MR) is 111 cm³/mol. The number of nitrogens with zero attached hydrogens (tertiary/aromatic N) is 4. The van der Waals surface area contributed by atoms with Crippen molar-refractivity contribution in [3.05, 3.63) is 46.3 Å². The number of nitro groups is 1. The number of aromatic nitrogens is 1. The number of morpholine rings is 1. The zero-order valence-electron chi connectivity index (χ0n) is 16.5. The van der Waals surface area contributed by atoms with Crippen LogP contribution in [-0.2, 0) is 4.74 Å². The molecule has 0 unspecified atom stereocenters. The van der Waals surface area contributed by atoms with Crippen molar-refractivity contribution in [2.45, 2.75) is 18.9 Å². The second-order valence-electron chi connectivity index (χ2n) is 7.40. The van der Waals surface area contributed by atoms with Crippen LogP contribution >= 0.6 is 0 Å². The molecule has 1 aromatic heterocycles. The van der Waals surface area contributed by atoms with Gasteiger partial charge in [0, 0.05) is 37.9 Å². The van der Waals surface area contributed by atoms with Crippen molar-refractivity contribution in [1.29, 1.82) is 0 Å². The number of anilines is 4. The first-order valence-electron chi connectivity index (χ1n) is 9.99. The minimum atomic E-state index is -0.512. The number of pyridine rings is 1. The standard InChI is InChI=1S/C20H24FN5O4/c21-16-13-14(1-2-17(16)24-7-5-15(27)6-8-24)22-20-18(26(28)29)3-4-19(23-20)25-9-11-30-12-10-25/h1-4,13,15,27H,5-12H2,(H,22,23). The van der Waals surface area contributed by atoms with Crippen molar-refractivity contribution in [1.82, 2.24) is 4.98 Å². The van der Waals surface area contributed by atoms with Gasteiger partial charge >= 0.3 is 5.69 Å². The second kappa shape index (κ2) is 8.80. The lowest BCUT2D eigenvalue weighted by atomic mass is 10.1. The Kier molecular flexibility index (Phi) is 5.96. The highest BCUT2D eigenvalue weighted by atomic mass is 19.1. The minimum Gasteiger partial charge on any atom is -0.393 e. The van der Waals surface area contributed by atoms with Crippen LogP contribution in [0.3, 0.4) is 0 Å². The van der Waals surface area contributed by atoms with E-state index in [4.69, 9.17) is 4.74 Å². The second-order valence-corrected chi connectivity index (χ2v) is 7.40. The smallest absolute Gasteiger partial charge is 0.311 e. The molecule has 2 aromatic rings. The zero-order valence-corrected chi connectivity index (χ0v) is 16.5. The Hall–Kier alpha value is -2.98. The number of piperidine rings is 1. The maximum Gasteiger partial charge on any atom is 0.311 e. The topological polar surface area (TPSA) is 104 Å². The molecule has 9 nitrogen and oxygen atoms in total. The van der Waals surface area contributed by atoms with Gasteiger partial charge in [0.1, 0.15) is 11.6 Å². The van der Waals surface area contributed by atoms with Gasteiger partial charge in [0.15, 0.2) is 0 Å². The lowest BCUT2D eigenvalue weighted by molar-refractivity contribution is -0.384. The van der Waals surface area contributed by atoms with E-state index >= 15 is 0 Å². The van der Waals surface area contributed by atoms with Gasteiger partial charge in [-0.3, -0.25) is 10.1 Å². The van der Waals surface area contributed by atoms with E-state index in [1.807, 2.05) is 9.80 Å². The van der Waals surface area contributed by atoms with E-state index in [1.165, 1.54) is 12.1 Å². The third-order valence-corrected chi connectivity index (χ3v) is 5.41. The van der Waals surface area contributed by atoms with Gasteiger partial charge in [-0.2, -0.15) is 0 Å². The fourth-order valence-electron chi connectivity index (χ4n) is 3.73. The highest BCUT2D eigenvalue weighted by Crippen LogP contribution is 2.31. The molecular formula is C20H24FN5O4. The maximum atomic E-state index is 14.7. The summed E-state index contributed by atoms with van der Waals surface area (Å²) in [5, 5.41) is 24.0. The van der Waals surface area contributed by atoms with Gasteiger partial charge in [0.2, 0.25) is 5.82 Å². The summed E-state index contributed by atoms with van der Waals surface area (Å²) in [6, 6.07) is 7.66. The number of halogens is 1. The molecule has 1 aromatic carbocycles. The van der Waals surface area contributed by atoms with Crippen LogP contribution in [0.1, 0.15) is 12.8 Å². The highest BCUT2D eigenvalue weighted by molar-refractivity contribution is 5.69. The average molecular weight is 417 g/mol. The molecule has 160 valence electrons. The first-order valence-corrected chi connectivity index (χ1v) is 9.99. The van der Waals surface area contributed by atoms with E-state index in [2.05, 4.69) is 10.3 Å². The summed E-state index contributed by atoms with van der Waals surface area (Å²) >= 11 is 0. The Morgan fingerprint density at radius 1 is 1.13 bits per heavy atom. The molecule has 2 saturated heterocycles. The minimum absolute atomic E-state index is 0.0669. The van der Waals surface area contributed by atoms with Gasteiger partial charge in [-0.15, -0.1) is 0 Å². The number of benzene rings is 1. The van der Waals surface area contributed by atoms with Crippen molar-refractivity contribution >= 4 is 28.7 Å². The molecule has 2 fully saturated rings. The summed E-state index contributed by atoms with van der Waals surface area (Å²) in [5.41, 5.74) is 0.654. The molecule has 3 heterocycles. The first-order chi connectivity index (χ1) is 14.5. The van der Waals surface area contributed by atoms with Crippen LogP contribution in [0.15, 0.2) is 30.3 Å². The number of hydrogen-bond donors (Lipinski definition) is 2. The van der Waals surface area contributed by atoms with Crippen molar-refractivity contribution in [2.24, 2.45) is 0 Å². The van der Waals surface area contributed by atoms with Gasteiger partial charge in [0.05, 0.1) is 29.9 Å². The zero-order chi connectivity index (χ0) is 21.1.